The van der Waals surface area contributed by atoms with Crippen LogP contribution < -0.4 is 5.32 Å². The molecule has 0 atom stereocenters. The Hall–Kier alpha value is -10.9. The lowest BCUT2D eigenvalue weighted by atomic mass is 10.0. The molecule has 0 aliphatic heterocycles. The number of phenolic OH excluding ortho intramolecular Hbond substituents is 4. The molecule has 0 unspecified atom stereocenters. The summed E-state index contributed by atoms with van der Waals surface area (Å²) >= 11 is 0. The van der Waals surface area contributed by atoms with E-state index in [0.29, 0.717) is 50.4 Å². The van der Waals surface area contributed by atoms with Crippen LogP contribution in [0.25, 0.3) is 43.1 Å². The average Bonchev–Trinajstić information content (AvgIpc) is 0.785. The minimum atomic E-state index is -5.18. The number of anilines is 2. The maximum Gasteiger partial charge on any atom is 0.296 e. The van der Waals surface area contributed by atoms with Crippen LogP contribution in [0.1, 0.15) is 27.8 Å². The summed E-state index contributed by atoms with van der Waals surface area (Å²) in [5, 5.41) is 102. The smallest absolute Gasteiger partial charge is 0.296 e. The number of rotatable bonds is 17. The van der Waals surface area contributed by atoms with Crippen molar-refractivity contribution in [3.8, 4) is 23.0 Å². The zero-order valence-corrected chi connectivity index (χ0v) is 52.8. The molecule has 0 amide bonds. The molecule has 28 nitrogen and oxygen atoms in total. The van der Waals surface area contributed by atoms with Gasteiger partial charge in [0.2, 0.25) is 0 Å². The van der Waals surface area contributed by atoms with E-state index in [9.17, 15) is 77.4 Å². The normalized spacial score (nSPS) is 12.8. The van der Waals surface area contributed by atoms with Gasteiger partial charge >= 0.3 is 0 Å². The van der Waals surface area contributed by atoms with E-state index in [1.807, 2.05) is 31.2 Å². The van der Waals surface area contributed by atoms with Crippen molar-refractivity contribution in [2.75, 3.05) is 5.32 Å². The van der Waals surface area contributed by atoms with Crippen LogP contribution in [0.15, 0.2) is 222 Å². The van der Waals surface area contributed by atoms with Gasteiger partial charge in [-0.05, 0) is 182 Å². The zero-order valence-electron chi connectivity index (χ0n) is 49.5. The predicted molar refractivity (Wildman–Crippen MR) is 350 cm³/mol. The van der Waals surface area contributed by atoms with Crippen molar-refractivity contribution in [1.82, 2.24) is 0 Å². The van der Waals surface area contributed by atoms with E-state index in [2.05, 4.69) is 56.5 Å². The lowest BCUT2D eigenvalue weighted by Gasteiger charge is -2.13. The summed E-state index contributed by atoms with van der Waals surface area (Å²) < 4.78 is 138. The molecular formula is C63H49N11O17S4. The maximum atomic E-state index is 13.0. The number of aromatic hydroxyl groups is 4. The van der Waals surface area contributed by atoms with Crippen LogP contribution in [0.3, 0.4) is 0 Å². The van der Waals surface area contributed by atoms with E-state index in [-0.39, 0.29) is 95.1 Å². The Kier molecular flexibility index (Phi) is 17.4. The molecule has 0 spiro atoms. The van der Waals surface area contributed by atoms with Crippen LogP contribution in [0.4, 0.5) is 68.2 Å². The summed E-state index contributed by atoms with van der Waals surface area (Å²) in [5.41, 5.74) is 2.90. The fourth-order valence-electron chi connectivity index (χ4n) is 10.2. The van der Waals surface area contributed by atoms with Crippen LogP contribution in [0.5, 0.6) is 23.0 Å². The number of phenols is 4. The molecule has 0 saturated carbocycles. The number of nitrogens with zero attached hydrogens (tertiary/aromatic N) is 10. The van der Waals surface area contributed by atoms with Crippen LogP contribution in [-0.2, 0) is 47.1 Å². The van der Waals surface area contributed by atoms with E-state index < -0.39 is 83.8 Å². The minimum Gasteiger partial charge on any atom is -0.507 e. The molecule has 11 aromatic rings. The molecule has 0 aliphatic carbocycles. The first kappa shape index (κ1) is 65.5. The summed E-state index contributed by atoms with van der Waals surface area (Å²) in [4.78, 5) is -2.88. The fourth-order valence-corrected chi connectivity index (χ4v) is 12.7. The van der Waals surface area contributed by atoms with Crippen molar-refractivity contribution >= 4 is 152 Å². The van der Waals surface area contributed by atoms with Gasteiger partial charge in [-0.25, -0.2) is 0 Å². The van der Waals surface area contributed by atoms with E-state index in [0.717, 1.165) is 29.8 Å². The third-order valence-corrected chi connectivity index (χ3v) is 18.2. The zero-order chi connectivity index (χ0) is 68.2. The molecule has 95 heavy (non-hydrogen) atoms. The van der Waals surface area contributed by atoms with Gasteiger partial charge in [0, 0.05) is 38.9 Å². The molecule has 32 heteroatoms. The van der Waals surface area contributed by atoms with Crippen LogP contribution in [-0.4, -0.2) is 77.4 Å². The molecule has 0 aromatic heterocycles. The molecule has 11 rings (SSSR count). The minimum absolute atomic E-state index is 0.00201. The monoisotopic (exact) mass is 1360 g/mol. The van der Waals surface area contributed by atoms with Gasteiger partial charge in [0.15, 0.2) is 17.2 Å². The van der Waals surface area contributed by atoms with E-state index in [4.69, 9.17) is 0 Å². The number of aliphatic hydroxyl groups is 1. The lowest BCUT2D eigenvalue weighted by molar-refractivity contribution is 0.282. The highest BCUT2D eigenvalue weighted by Crippen LogP contribution is 2.48. The van der Waals surface area contributed by atoms with Gasteiger partial charge in [0.05, 0.1) is 55.9 Å². The van der Waals surface area contributed by atoms with Crippen LogP contribution in [0, 0.1) is 27.7 Å². The second kappa shape index (κ2) is 25.2. The average molecular weight is 1360 g/mol. The molecule has 482 valence electrons. The number of hydrogen-bond donors (Lipinski definition) is 10. The Morgan fingerprint density at radius 1 is 0.368 bits per heavy atom. The number of fused-ring (bicyclic) bond motifs is 4. The number of nitrogens with one attached hydrogen (secondary N) is 1. The van der Waals surface area contributed by atoms with E-state index in [1.54, 1.807) is 62.4 Å². The first-order valence-electron chi connectivity index (χ1n) is 27.7. The van der Waals surface area contributed by atoms with Crippen molar-refractivity contribution in [3.63, 3.8) is 0 Å². The summed E-state index contributed by atoms with van der Waals surface area (Å²) in [6.45, 7) is 5.96. The summed E-state index contributed by atoms with van der Waals surface area (Å²) in [7, 11) is -19.7. The van der Waals surface area contributed by atoms with Crippen LogP contribution in [0.2, 0.25) is 0 Å². The molecular weight excluding hydrogens is 1310 g/mol. The van der Waals surface area contributed by atoms with Gasteiger partial charge < -0.3 is 30.8 Å². The van der Waals surface area contributed by atoms with Gasteiger partial charge in [-0.15, -0.1) is 35.8 Å². The molecule has 0 heterocycles. The highest BCUT2D eigenvalue weighted by molar-refractivity contribution is 7.86. The largest absolute Gasteiger partial charge is 0.507 e. The van der Waals surface area contributed by atoms with E-state index in [1.165, 1.54) is 55.5 Å². The van der Waals surface area contributed by atoms with Crippen molar-refractivity contribution in [3.05, 3.63) is 179 Å². The van der Waals surface area contributed by atoms with Crippen molar-refractivity contribution in [2.24, 2.45) is 51.1 Å². The molecule has 0 saturated heterocycles. The molecule has 0 fully saturated rings. The highest BCUT2D eigenvalue weighted by atomic mass is 32.2. The first-order valence-corrected chi connectivity index (χ1v) is 33.4. The number of azo groups is 5. The first-order chi connectivity index (χ1) is 44.8. The van der Waals surface area contributed by atoms with Gasteiger partial charge in [0.25, 0.3) is 40.5 Å². The fraction of sp³-hybridized carbons (Fsp3) is 0.0794. The molecule has 0 bridgehead atoms. The predicted octanol–water partition coefficient (Wildman–Crippen LogP) is 16.7. The second-order valence-electron chi connectivity index (χ2n) is 21.5. The number of hydrogen-bond acceptors (Lipinski definition) is 24. The van der Waals surface area contributed by atoms with Crippen LogP contribution >= 0.6 is 0 Å². The Balaban J connectivity index is 0.888. The van der Waals surface area contributed by atoms with Gasteiger partial charge in [0.1, 0.15) is 44.0 Å². The SMILES string of the molecule is Cc1ccc(Nc2ccc3c(O)c(N=Nc4ccc5c(O)c(N=Nc6c(C)cc(C)cc6S(=O)(=O)O)ccc5c4)ccc3c2N=Nc2ccc3c(O)c(N=Nc4cc(C)c(N=Nc5cc(S(=O)(=O)O)cc6cc(S(=O)(=O)O)cc(O)c56)cc4CO)c(S(=O)(=O)O)cc3c2)cc1. The Bertz CT molecular complexity index is 5730. The molecule has 0 radical (unpaired) electrons. The Labute approximate surface area is 539 Å². The molecule has 11 aromatic carbocycles. The topological polar surface area (TPSA) is 454 Å². The van der Waals surface area contributed by atoms with Gasteiger partial charge in [-0.1, -0.05) is 29.8 Å². The number of aliphatic hydroxyl groups excluding tert-OH is 1. The Morgan fingerprint density at radius 3 is 1.55 bits per heavy atom. The Morgan fingerprint density at radius 2 is 0.895 bits per heavy atom. The van der Waals surface area contributed by atoms with Gasteiger partial charge in [-0.2, -0.15) is 49.0 Å². The standard InChI is InChI=1S/C63H49N11O17S4/c1-31-5-8-39(9-6-31)64-48-17-15-47-46(14-18-50(62(47)78)67-65-40-10-12-44-35(22-40)7-16-49(61(44)77)68-72-58-34(4)19-32(2)20-55(58)94(86,87)88)59(48)73-66-41-11-13-45-36(23-41)27-56(95(89,90)91)60(63(45)79)74-70-52-21-33(3)51(26-38(52)30-75)69-71-53-28-42(92(80,81)82)24-37-25-43(93(83,84)85)29-54(76)57(37)53/h5-29,64,75-79H,30H2,1-4H3,(H,80,81,82)(H,83,84,85)(H,86,87,88)(H,89,90,91). The van der Waals surface area contributed by atoms with Crippen molar-refractivity contribution < 1.29 is 77.4 Å². The molecule has 10 N–H and O–H groups in total. The maximum absolute atomic E-state index is 13.0. The number of aryl methyl sites for hydroxylation is 4. The molecule has 0 aliphatic rings. The quantitative estimate of drug-likeness (QED) is 0.0299. The number of benzene rings is 11. The third-order valence-electron chi connectivity index (χ3n) is 14.8. The summed E-state index contributed by atoms with van der Waals surface area (Å²) in [6, 6.07) is 35.7. The van der Waals surface area contributed by atoms with Crippen molar-refractivity contribution in [1.29, 1.82) is 0 Å². The summed E-state index contributed by atoms with van der Waals surface area (Å²) in [5.74, 6) is -2.05. The highest BCUT2D eigenvalue weighted by Gasteiger charge is 2.25. The van der Waals surface area contributed by atoms with Crippen molar-refractivity contribution in [2.45, 2.75) is 53.9 Å². The third kappa shape index (κ3) is 13.8. The second-order valence-corrected chi connectivity index (χ2v) is 27.2. The van der Waals surface area contributed by atoms with Gasteiger partial charge in [-0.3, -0.25) is 18.2 Å². The van der Waals surface area contributed by atoms with E-state index >= 15 is 0 Å². The summed E-state index contributed by atoms with van der Waals surface area (Å²) in [6.07, 6.45) is 0. The lowest BCUT2D eigenvalue weighted by Crippen LogP contribution is -2.00.